The molecule has 1 aromatic carbocycles. The molecule has 1 heterocycles. The van der Waals surface area contributed by atoms with Gasteiger partial charge in [0.05, 0.1) is 17.9 Å². The summed E-state index contributed by atoms with van der Waals surface area (Å²) in [4.78, 5) is 15.9. The first-order valence-corrected chi connectivity index (χ1v) is 7.80. The minimum absolute atomic E-state index is 0.215. The molecule has 0 aliphatic heterocycles. The van der Waals surface area contributed by atoms with Crippen molar-refractivity contribution in [2.75, 3.05) is 5.32 Å². The average Bonchev–Trinajstić information content (AvgIpc) is 2.56. The summed E-state index contributed by atoms with van der Waals surface area (Å²) in [5.74, 6) is 1.44. The van der Waals surface area contributed by atoms with E-state index >= 15 is 0 Å². The van der Waals surface area contributed by atoms with Gasteiger partial charge in [0.15, 0.2) is 0 Å². The molecule has 1 amide bonds. The summed E-state index contributed by atoms with van der Waals surface area (Å²) in [6.45, 7) is 6.14. The van der Waals surface area contributed by atoms with E-state index in [0.717, 1.165) is 5.75 Å². The molecule has 23 heavy (non-hydrogen) atoms. The van der Waals surface area contributed by atoms with Crippen LogP contribution in [0.15, 0.2) is 42.6 Å². The molecule has 1 aromatic heterocycles. The summed E-state index contributed by atoms with van der Waals surface area (Å²) in [5, 5.41) is 2.73. The van der Waals surface area contributed by atoms with Crippen LogP contribution in [0.5, 0.6) is 11.6 Å². The molecule has 0 aliphatic carbocycles. The second-order valence-electron chi connectivity index (χ2n) is 5.72. The highest BCUT2D eigenvalue weighted by molar-refractivity contribution is 5.94. The Labute approximate surface area is 136 Å². The van der Waals surface area contributed by atoms with Crippen LogP contribution in [0.3, 0.4) is 0 Å². The first-order valence-electron chi connectivity index (χ1n) is 7.80. The number of nitrogens with one attached hydrogen (secondary N) is 1. The zero-order valence-corrected chi connectivity index (χ0v) is 13.7. The van der Waals surface area contributed by atoms with E-state index in [1.54, 1.807) is 18.3 Å². The van der Waals surface area contributed by atoms with Gasteiger partial charge in [-0.15, -0.1) is 0 Å². The summed E-state index contributed by atoms with van der Waals surface area (Å²) < 4.78 is 5.75. The lowest BCUT2D eigenvalue weighted by atomic mass is 10.0. The SMILES string of the molecule is CCC(N)C(=O)Nc1ccc(Oc2cccc(C(C)C)c2)nc1. The minimum atomic E-state index is -0.510. The van der Waals surface area contributed by atoms with Gasteiger partial charge in [-0.2, -0.15) is 0 Å². The monoisotopic (exact) mass is 313 g/mol. The molecule has 2 aromatic rings. The number of amides is 1. The quantitative estimate of drug-likeness (QED) is 0.853. The lowest BCUT2D eigenvalue weighted by molar-refractivity contribution is -0.117. The molecule has 0 radical (unpaired) electrons. The molecule has 0 aliphatic rings. The van der Waals surface area contributed by atoms with Crippen LogP contribution in [0.2, 0.25) is 0 Å². The molecule has 0 saturated carbocycles. The van der Waals surface area contributed by atoms with E-state index in [0.29, 0.717) is 23.9 Å². The summed E-state index contributed by atoms with van der Waals surface area (Å²) in [5.41, 5.74) is 7.49. The molecular weight excluding hydrogens is 290 g/mol. The first-order chi connectivity index (χ1) is 11.0. The number of benzene rings is 1. The lowest BCUT2D eigenvalue weighted by Crippen LogP contribution is -2.34. The number of anilines is 1. The molecule has 0 spiro atoms. The van der Waals surface area contributed by atoms with Gasteiger partial charge in [-0.3, -0.25) is 4.79 Å². The van der Waals surface area contributed by atoms with Crippen molar-refractivity contribution < 1.29 is 9.53 Å². The Morgan fingerprint density at radius 3 is 2.70 bits per heavy atom. The Kier molecular flexibility index (Phi) is 5.71. The van der Waals surface area contributed by atoms with E-state index in [2.05, 4.69) is 30.2 Å². The summed E-state index contributed by atoms with van der Waals surface area (Å²) in [6, 6.07) is 10.9. The topological polar surface area (TPSA) is 77.2 Å². The van der Waals surface area contributed by atoms with Crippen molar-refractivity contribution in [3.8, 4) is 11.6 Å². The number of nitrogens with zero attached hydrogens (tertiary/aromatic N) is 1. The fourth-order valence-electron chi connectivity index (χ4n) is 1.99. The number of aromatic nitrogens is 1. The molecule has 1 unspecified atom stereocenters. The van der Waals surface area contributed by atoms with Gasteiger partial charge in [-0.25, -0.2) is 4.98 Å². The van der Waals surface area contributed by atoms with E-state index in [4.69, 9.17) is 10.5 Å². The maximum Gasteiger partial charge on any atom is 0.241 e. The number of nitrogens with two attached hydrogens (primary N) is 1. The van der Waals surface area contributed by atoms with Crippen LogP contribution in [0.4, 0.5) is 5.69 Å². The van der Waals surface area contributed by atoms with E-state index in [1.807, 2.05) is 25.1 Å². The van der Waals surface area contributed by atoms with Crippen LogP contribution >= 0.6 is 0 Å². The third kappa shape index (κ3) is 4.79. The predicted molar refractivity (Wildman–Crippen MR) is 91.7 cm³/mol. The van der Waals surface area contributed by atoms with Crippen LogP contribution in [-0.4, -0.2) is 16.9 Å². The average molecular weight is 313 g/mol. The minimum Gasteiger partial charge on any atom is -0.439 e. The molecule has 0 saturated heterocycles. The van der Waals surface area contributed by atoms with E-state index in [1.165, 1.54) is 5.56 Å². The third-order valence-electron chi connectivity index (χ3n) is 3.53. The van der Waals surface area contributed by atoms with Crippen molar-refractivity contribution in [2.24, 2.45) is 5.73 Å². The Hall–Kier alpha value is -2.40. The molecular formula is C18H23N3O2. The van der Waals surface area contributed by atoms with Crippen LogP contribution < -0.4 is 15.8 Å². The van der Waals surface area contributed by atoms with Crippen molar-refractivity contribution in [1.29, 1.82) is 0 Å². The highest BCUT2D eigenvalue weighted by Gasteiger charge is 2.11. The highest BCUT2D eigenvalue weighted by Crippen LogP contribution is 2.24. The molecule has 3 N–H and O–H groups in total. The molecule has 1 atom stereocenters. The van der Waals surface area contributed by atoms with Gasteiger partial charge in [0.2, 0.25) is 11.8 Å². The number of carbonyl (C=O) groups excluding carboxylic acids is 1. The lowest BCUT2D eigenvalue weighted by Gasteiger charge is -2.11. The number of pyridine rings is 1. The number of rotatable bonds is 6. The summed E-state index contributed by atoms with van der Waals surface area (Å²) in [7, 11) is 0. The Morgan fingerprint density at radius 1 is 1.30 bits per heavy atom. The van der Waals surface area contributed by atoms with E-state index in [9.17, 15) is 4.79 Å². The largest absolute Gasteiger partial charge is 0.439 e. The van der Waals surface area contributed by atoms with Gasteiger partial charge >= 0.3 is 0 Å². The van der Waals surface area contributed by atoms with Gasteiger partial charge in [-0.05, 0) is 36.1 Å². The highest BCUT2D eigenvalue weighted by atomic mass is 16.5. The van der Waals surface area contributed by atoms with Crippen molar-refractivity contribution >= 4 is 11.6 Å². The summed E-state index contributed by atoms with van der Waals surface area (Å²) >= 11 is 0. The Morgan fingerprint density at radius 2 is 2.09 bits per heavy atom. The first kappa shape index (κ1) is 17.0. The summed E-state index contributed by atoms with van der Waals surface area (Å²) in [6.07, 6.45) is 2.15. The van der Waals surface area contributed by atoms with Crippen LogP contribution in [0, 0.1) is 0 Å². The second kappa shape index (κ2) is 7.74. The molecule has 5 heteroatoms. The molecule has 5 nitrogen and oxygen atoms in total. The van der Waals surface area contributed by atoms with E-state index in [-0.39, 0.29) is 5.91 Å². The van der Waals surface area contributed by atoms with Crippen molar-refractivity contribution in [3.63, 3.8) is 0 Å². The smallest absolute Gasteiger partial charge is 0.241 e. The molecule has 0 fully saturated rings. The standard InChI is InChI=1S/C18H23N3O2/c1-4-16(19)18(22)21-14-8-9-17(20-11-14)23-15-7-5-6-13(10-15)12(2)3/h5-12,16H,4,19H2,1-3H3,(H,21,22). The molecule has 2 rings (SSSR count). The van der Waals surface area contributed by atoms with Crippen LogP contribution in [0.1, 0.15) is 38.7 Å². The predicted octanol–water partition coefficient (Wildman–Crippen LogP) is 3.67. The van der Waals surface area contributed by atoms with Crippen molar-refractivity contribution in [2.45, 2.75) is 39.2 Å². The van der Waals surface area contributed by atoms with Gasteiger partial charge in [0.25, 0.3) is 0 Å². The number of hydrogen-bond donors (Lipinski definition) is 2. The molecule has 122 valence electrons. The second-order valence-corrected chi connectivity index (χ2v) is 5.72. The van der Waals surface area contributed by atoms with E-state index < -0.39 is 6.04 Å². The van der Waals surface area contributed by atoms with Gasteiger partial charge in [0, 0.05) is 6.07 Å². The maximum atomic E-state index is 11.7. The van der Waals surface area contributed by atoms with Crippen molar-refractivity contribution in [1.82, 2.24) is 4.98 Å². The normalized spacial score (nSPS) is 12.0. The fraction of sp³-hybridized carbons (Fsp3) is 0.333. The Balaban J connectivity index is 2.03. The zero-order chi connectivity index (χ0) is 16.8. The molecule has 0 bridgehead atoms. The zero-order valence-electron chi connectivity index (χ0n) is 13.7. The van der Waals surface area contributed by atoms with Crippen LogP contribution in [-0.2, 0) is 4.79 Å². The van der Waals surface area contributed by atoms with Gasteiger partial charge < -0.3 is 15.8 Å². The number of ether oxygens (including phenoxy) is 1. The van der Waals surface area contributed by atoms with Gasteiger partial charge in [0.1, 0.15) is 5.75 Å². The fourth-order valence-corrected chi connectivity index (χ4v) is 1.99. The van der Waals surface area contributed by atoms with Gasteiger partial charge in [-0.1, -0.05) is 32.9 Å². The third-order valence-corrected chi connectivity index (χ3v) is 3.53. The maximum absolute atomic E-state index is 11.7. The number of hydrogen-bond acceptors (Lipinski definition) is 4. The van der Waals surface area contributed by atoms with Crippen molar-refractivity contribution in [3.05, 3.63) is 48.2 Å². The number of carbonyl (C=O) groups is 1. The van der Waals surface area contributed by atoms with Crippen LogP contribution in [0.25, 0.3) is 0 Å². The Bertz CT molecular complexity index is 654.